The van der Waals surface area contributed by atoms with Gasteiger partial charge in [-0.25, -0.2) is 0 Å². The van der Waals surface area contributed by atoms with E-state index in [9.17, 15) is 4.79 Å². The molecule has 0 bridgehead atoms. The van der Waals surface area contributed by atoms with Crippen LogP contribution >= 0.6 is 0 Å². The quantitative estimate of drug-likeness (QED) is 0.393. The number of carbonyl (C=O) groups is 1. The number of hydrogen-bond donors (Lipinski definition) is 1. The smallest absolute Gasteiger partial charge is 0.289 e. The van der Waals surface area contributed by atoms with Gasteiger partial charge in [0, 0.05) is 58.9 Å². The largest absolute Gasteiger partial charge is 0.469 e. The fraction of sp³-hybridized carbons (Fsp3) is 0.524. The molecule has 1 aliphatic heterocycles. The van der Waals surface area contributed by atoms with E-state index in [0.29, 0.717) is 32.0 Å². The third-order valence-corrected chi connectivity index (χ3v) is 4.75. The molecule has 0 spiro atoms. The summed E-state index contributed by atoms with van der Waals surface area (Å²) in [6, 6.07) is 7.31. The van der Waals surface area contributed by atoms with Crippen molar-refractivity contribution in [2.75, 3.05) is 52.5 Å². The molecule has 29 heavy (non-hydrogen) atoms. The highest BCUT2D eigenvalue weighted by Gasteiger charge is 2.25. The molecule has 0 unspecified atom stereocenters. The number of aliphatic imine (C=N–C) groups is 1. The summed E-state index contributed by atoms with van der Waals surface area (Å²) in [7, 11) is 0. The second kappa shape index (κ2) is 11.3. The molecule has 8 nitrogen and oxygen atoms in total. The summed E-state index contributed by atoms with van der Waals surface area (Å²) >= 11 is 0. The first-order chi connectivity index (χ1) is 14.3. The number of amides is 1. The number of rotatable bonds is 9. The Labute approximate surface area is 171 Å². The molecule has 3 heterocycles. The number of ether oxygens (including phenoxy) is 1. The molecule has 0 aliphatic carbocycles. The summed E-state index contributed by atoms with van der Waals surface area (Å²) in [5.41, 5.74) is 0. The predicted molar refractivity (Wildman–Crippen MR) is 110 cm³/mol. The van der Waals surface area contributed by atoms with Crippen molar-refractivity contribution in [1.82, 2.24) is 15.1 Å². The molecule has 0 atom stereocenters. The molecule has 8 heteroatoms. The van der Waals surface area contributed by atoms with E-state index in [2.05, 4.69) is 10.2 Å². The Morgan fingerprint density at radius 2 is 1.90 bits per heavy atom. The first kappa shape index (κ1) is 21.0. The molecule has 1 amide bonds. The standard InChI is InChI=1S/C21H30N4O4/c1-2-27-15-5-9-22-21(23-10-8-18-6-3-16-28-18)25-13-11-24(12-14-25)20(26)19-7-4-17-29-19/h3-4,6-7,16-17H,2,5,8-15H2,1H3,(H,22,23). The van der Waals surface area contributed by atoms with Crippen LogP contribution < -0.4 is 5.32 Å². The van der Waals surface area contributed by atoms with Gasteiger partial charge in [0.1, 0.15) is 5.76 Å². The lowest BCUT2D eigenvalue weighted by Crippen LogP contribution is -2.54. The summed E-state index contributed by atoms with van der Waals surface area (Å²) in [6.45, 7) is 7.60. The second-order valence-electron chi connectivity index (χ2n) is 6.77. The van der Waals surface area contributed by atoms with E-state index >= 15 is 0 Å². The van der Waals surface area contributed by atoms with Crippen molar-refractivity contribution in [1.29, 1.82) is 0 Å². The van der Waals surface area contributed by atoms with E-state index in [4.69, 9.17) is 18.6 Å². The zero-order valence-corrected chi connectivity index (χ0v) is 17.0. The highest BCUT2D eigenvalue weighted by Crippen LogP contribution is 2.10. The summed E-state index contributed by atoms with van der Waals surface area (Å²) in [5.74, 6) is 2.15. The van der Waals surface area contributed by atoms with E-state index in [-0.39, 0.29) is 5.91 Å². The van der Waals surface area contributed by atoms with Crippen molar-refractivity contribution in [3.8, 4) is 0 Å². The normalized spacial score (nSPS) is 15.0. The van der Waals surface area contributed by atoms with E-state index < -0.39 is 0 Å². The van der Waals surface area contributed by atoms with Crippen molar-refractivity contribution in [2.45, 2.75) is 19.8 Å². The van der Waals surface area contributed by atoms with Crippen LogP contribution in [-0.4, -0.2) is 74.1 Å². The molecule has 3 rings (SSSR count). The molecular formula is C21H30N4O4. The fourth-order valence-corrected chi connectivity index (χ4v) is 3.19. The molecular weight excluding hydrogens is 372 g/mol. The lowest BCUT2D eigenvalue weighted by molar-refractivity contribution is 0.0657. The number of piperazine rings is 1. The van der Waals surface area contributed by atoms with Gasteiger partial charge in [0.05, 0.1) is 12.5 Å². The van der Waals surface area contributed by atoms with Crippen LogP contribution in [0.1, 0.15) is 29.7 Å². The summed E-state index contributed by atoms with van der Waals surface area (Å²) in [5, 5.41) is 3.44. The molecule has 0 aromatic carbocycles. The number of nitrogens with one attached hydrogen (secondary N) is 1. The van der Waals surface area contributed by atoms with Gasteiger partial charge < -0.3 is 28.7 Å². The zero-order valence-electron chi connectivity index (χ0n) is 17.0. The van der Waals surface area contributed by atoms with Gasteiger partial charge in [-0.3, -0.25) is 9.79 Å². The van der Waals surface area contributed by atoms with Gasteiger partial charge in [-0.15, -0.1) is 0 Å². The average Bonchev–Trinajstić information content (AvgIpc) is 3.46. The Hall–Kier alpha value is -2.74. The molecule has 0 saturated carbocycles. The molecule has 0 radical (unpaired) electrons. The summed E-state index contributed by atoms with van der Waals surface area (Å²) in [4.78, 5) is 21.2. The van der Waals surface area contributed by atoms with Crippen LogP contribution in [0.25, 0.3) is 0 Å². The third-order valence-electron chi connectivity index (χ3n) is 4.75. The Balaban J connectivity index is 1.52. The lowest BCUT2D eigenvalue weighted by Gasteiger charge is -2.36. The van der Waals surface area contributed by atoms with Crippen LogP contribution in [0.4, 0.5) is 0 Å². The molecule has 1 N–H and O–H groups in total. The number of carbonyl (C=O) groups excluding carboxylic acids is 1. The maximum Gasteiger partial charge on any atom is 0.289 e. The van der Waals surface area contributed by atoms with Gasteiger partial charge in [-0.1, -0.05) is 0 Å². The van der Waals surface area contributed by atoms with Gasteiger partial charge >= 0.3 is 0 Å². The molecule has 2 aromatic rings. The minimum atomic E-state index is -0.0596. The van der Waals surface area contributed by atoms with Crippen molar-refractivity contribution in [3.05, 3.63) is 48.3 Å². The van der Waals surface area contributed by atoms with Crippen LogP contribution in [0.5, 0.6) is 0 Å². The van der Waals surface area contributed by atoms with E-state index in [0.717, 1.165) is 50.8 Å². The highest BCUT2D eigenvalue weighted by molar-refractivity contribution is 5.91. The van der Waals surface area contributed by atoms with Gasteiger partial charge in [-0.05, 0) is 37.6 Å². The van der Waals surface area contributed by atoms with Crippen LogP contribution in [-0.2, 0) is 11.2 Å². The highest BCUT2D eigenvalue weighted by atomic mass is 16.5. The van der Waals surface area contributed by atoms with Crippen molar-refractivity contribution in [3.63, 3.8) is 0 Å². The monoisotopic (exact) mass is 402 g/mol. The van der Waals surface area contributed by atoms with E-state index in [1.807, 2.05) is 24.0 Å². The number of hydrogen-bond acceptors (Lipinski definition) is 5. The Bertz CT molecular complexity index is 735. The summed E-state index contributed by atoms with van der Waals surface area (Å²) in [6.07, 6.45) is 4.89. The molecule has 2 aromatic heterocycles. The van der Waals surface area contributed by atoms with Crippen LogP contribution in [0.2, 0.25) is 0 Å². The topological polar surface area (TPSA) is 83.5 Å². The maximum atomic E-state index is 12.5. The van der Waals surface area contributed by atoms with Crippen LogP contribution in [0.3, 0.4) is 0 Å². The van der Waals surface area contributed by atoms with Crippen molar-refractivity contribution >= 4 is 11.9 Å². The van der Waals surface area contributed by atoms with E-state index in [1.165, 1.54) is 6.26 Å². The van der Waals surface area contributed by atoms with Gasteiger partial charge in [0.15, 0.2) is 11.7 Å². The van der Waals surface area contributed by atoms with Crippen LogP contribution in [0.15, 0.2) is 50.6 Å². The minimum Gasteiger partial charge on any atom is -0.469 e. The van der Waals surface area contributed by atoms with Crippen molar-refractivity contribution < 1.29 is 18.4 Å². The average molecular weight is 402 g/mol. The summed E-state index contributed by atoms with van der Waals surface area (Å²) < 4.78 is 16.0. The number of nitrogens with zero attached hydrogens (tertiary/aromatic N) is 3. The predicted octanol–water partition coefficient (Wildman–Crippen LogP) is 2.25. The third kappa shape index (κ3) is 6.39. The Morgan fingerprint density at radius 1 is 1.14 bits per heavy atom. The number of furan rings is 2. The molecule has 1 aliphatic rings. The zero-order chi connectivity index (χ0) is 20.3. The SMILES string of the molecule is CCOCCCN=C(NCCc1ccco1)N1CCN(C(=O)c2ccco2)CC1. The van der Waals surface area contributed by atoms with Gasteiger partial charge in [0.25, 0.3) is 5.91 Å². The van der Waals surface area contributed by atoms with Crippen molar-refractivity contribution in [2.24, 2.45) is 4.99 Å². The van der Waals surface area contributed by atoms with Gasteiger partial charge in [0.2, 0.25) is 0 Å². The molecule has 158 valence electrons. The molecule has 1 saturated heterocycles. The minimum absolute atomic E-state index is 0.0596. The first-order valence-corrected chi connectivity index (χ1v) is 10.2. The number of guanidine groups is 1. The molecule has 1 fully saturated rings. The van der Waals surface area contributed by atoms with E-state index in [1.54, 1.807) is 18.4 Å². The maximum absolute atomic E-state index is 12.5. The van der Waals surface area contributed by atoms with Crippen LogP contribution in [0, 0.1) is 0 Å². The van der Waals surface area contributed by atoms with Gasteiger partial charge in [-0.2, -0.15) is 0 Å². The first-order valence-electron chi connectivity index (χ1n) is 10.2. The second-order valence-corrected chi connectivity index (χ2v) is 6.77. The fourth-order valence-electron chi connectivity index (χ4n) is 3.19. The lowest BCUT2D eigenvalue weighted by atomic mass is 10.3. The Kier molecular flexibility index (Phi) is 8.18. The Morgan fingerprint density at radius 3 is 2.59 bits per heavy atom.